The fourth-order valence-electron chi connectivity index (χ4n) is 3.12. The number of amides is 2. The molecule has 0 aliphatic carbocycles. The minimum atomic E-state index is -0.664. The van der Waals surface area contributed by atoms with Gasteiger partial charge in [-0.2, -0.15) is 0 Å². The number of benzene rings is 2. The summed E-state index contributed by atoms with van der Waals surface area (Å²) in [5.41, 5.74) is 1.43. The monoisotopic (exact) mass is 520 g/mol. The maximum Gasteiger partial charge on any atom is 0.274 e. The van der Waals surface area contributed by atoms with Gasteiger partial charge in [0.1, 0.15) is 10.6 Å². The standard InChI is InChI=1S/C22H15Cl3N4O3S/c1-10-3-4-14(9-16(10)25)27-20(31)18-19(33-22-26-11(2)5-17(30)29(18)22)21(32)28-15-7-12(23)6-13(24)8-15/h3-9H,1-2H3,(H,27,31)(H,28,32). The lowest BCUT2D eigenvalue weighted by molar-refractivity contribution is 0.0989. The van der Waals surface area contributed by atoms with Crippen LogP contribution in [-0.4, -0.2) is 21.2 Å². The molecule has 0 fully saturated rings. The zero-order valence-electron chi connectivity index (χ0n) is 17.2. The third kappa shape index (κ3) is 4.89. The first-order valence-electron chi connectivity index (χ1n) is 9.50. The predicted octanol–water partition coefficient (Wildman–Crippen LogP) is 5.84. The van der Waals surface area contributed by atoms with Gasteiger partial charge in [0, 0.05) is 38.2 Å². The van der Waals surface area contributed by atoms with Gasteiger partial charge in [-0.05, 0) is 49.7 Å². The second-order valence-corrected chi connectivity index (χ2v) is 9.42. The molecule has 0 saturated carbocycles. The lowest BCUT2D eigenvalue weighted by Crippen LogP contribution is -2.25. The maximum absolute atomic E-state index is 13.3. The highest BCUT2D eigenvalue weighted by Gasteiger charge is 2.26. The largest absolute Gasteiger partial charge is 0.321 e. The minimum Gasteiger partial charge on any atom is -0.321 e. The molecule has 2 N–H and O–H groups in total. The van der Waals surface area contributed by atoms with Gasteiger partial charge in [0.05, 0.1) is 0 Å². The molecule has 33 heavy (non-hydrogen) atoms. The first-order chi connectivity index (χ1) is 15.6. The number of nitrogens with zero attached hydrogens (tertiary/aromatic N) is 2. The van der Waals surface area contributed by atoms with Crippen molar-refractivity contribution in [2.75, 3.05) is 10.6 Å². The summed E-state index contributed by atoms with van der Waals surface area (Å²) in [5.74, 6) is -1.28. The van der Waals surface area contributed by atoms with Gasteiger partial charge >= 0.3 is 0 Å². The molecule has 0 radical (unpaired) electrons. The molecule has 0 bridgehead atoms. The number of hydrogen-bond acceptors (Lipinski definition) is 5. The van der Waals surface area contributed by atoms with Crippen molar-refractivity contribution in [1.82, 2.24) is 9.38 Å². The van der Waals surface area contributed by atoms with E-state index in [4.69, 9.17) is 34.8 Å². The van der Waals surface area contributed by atoms with E-state index in [1.54, 1.807) is 25.1 Å². The van der Waals surface area contributed by atoms with Crippen LogP contribution in [0.15, 0.2) is 47.3 Å². The van der Waals surface area contributed by atoms with Crippen molar-refractivity contribution in [3.05, 3.63) is 89.7 Å². The summed E-state index contributed by atoms with van der Waals surface area (Å²) in [6.07, 6.45) is 0. The van der Waals surface area contributed by atoms with Crippen molar-refractivity contribution in [2.45, 2.75) is 13.8 Å². The van der Waals surface area contributed by atoms with Crippen LogP contribution in [0.2, 0.25) is 15.1 Å². The Hall–Kier alpha value is -2.91. The molecule has 168 valence electrons. The van der Waals surface area contributed by atoms with E-state index in [1.165, 1.54) is 24.3 Å². The first kappa shape index (κ1) is 23.3. The molecular weight excluding hydrogens is 507 g/mol. The first-order valence-corrected chi connectivity index (χ1v) is 11.5. The van der Waals surface area contributed by atoms with Crippen LogP contribution >= 0.6 is 46.1 Å². The van der Waals surface area contributed by atoms with Crippen molar-refractivity contribution in [2.24, 2.45) is 0 Å². The normalized spacial score (nSPS) is 10.9. The van der Waals surface area contributed by atoms with Gasteiger partial charge < -0.3 is 10.6 Å². The predicted molar refractivity (Wildman–Crippen MR) is 133 cm³/mol. The van der Waals surface area contributed by atoms with Gasteiger partial charge in [-0.25, -0.2) is 9.38 Å². The molecule has 0 aliphatic rings. The van der Waals surface area contributed by atoms with E-state index < -0.39 is 17.4 Å². The highest BCUT2D eigenvalue weighted by molar-refractivity contribution is 7.19. The van der Waals surface area contributed by atoms with Gasteiger partial charge in [-0.1, -0.05) is 52.2 Å². The molecule has 4 rings (SSSR count). The average molecular weight is 522 g/mol. The average Bonchev–Trinajstić information content (AvgIpc) is 3.10. The summed E-state index contributed by atoms with van der Waals surface area (Å²) < 4.78 is 1.11. The number of anilines is 2. The summed E-state index contributed by atoms with van der Waals surface area (Å²) in [7, 11) is 0. The topological polar surface area (TPSA) is 92.6 Å². The Morgan fingerprint density at radius 2 is 1.58 bits per heavy atom. The fraction of sp³-hybridized carbons (Fsp3) is 0.0909. The number of rotatable bonds is 4. The molecule has 4 aromatic rings. The number of hydrogen-bond donors (Lipinski definition) is 2. The molecule has 2 heterocycles. The van der Waals surface area contributed by atoms with Crippen LogP contribution in [0.4, 0.5) is 11.4 Å². The molecule has 2 aromatic carbocycles. The molecule has 0 saturated heterocycles. The number of aryl methyl sites for hydroxylation is 2. The molecular formula is C22H15Cl3N4O3S. The molecule has 2 amide bonds. The highest BCUT2D eigenvalue weighted by Crippen LogP contribution is 2.27. The van der Waals surface area contributed by atoms with Crippen LogP contribution in [0.1, 0.15) is 31.4 Å². The third-order valence-electron chi connectivity index (χ3n) is 4.62. The summed E-state index contributed by atoms with van der Waals surface area (Å²) in [6, 6.07) is 10.8. The van der Waals surface area contributed by atoms with Crippen LogP contribution in [0.5, 0.6) is 0 Å². The van der Waals surface area contributed by atoms with Crippen molar-refractivity contribution >= 4 is 74.3 Å². The Kier molecular flexibility index (Phi) is 6.45. The second-order valence-electron chi connectivity index (χ2n) is 7.16. The van der Waals surface area contributed by atoms with E-state index in [1.807, 2.05) is 6.92 Å². The van der Waals surface area contributed by atoms with Crippen molar-refractivity contribution in [3.63, 3.8) is 0 Å². The molecule has 0 atom stereocenters. The van der Waals surface area contributed by atoms with E-state index in [-0.39, 0.29) is 15.5 Å². The van der Waals surface area contributed by atoms with E-state index in [0.717, 1.165) is 21.3 Å². The van der Waals surface area contributed by atoms with Crippen molar-refractivity contribution < 1.29 is 9.59 Å². The number of nitrogens with one attached hydrogen (secondary N) is 2. The van der Waals surface area contributed by atoms with Gasteiger partial charge in [0.2, 0.25) is 0 Å². The quantitative estimate of drug-likeness (QED) is 0.353. The van der Waals surface area contributed by atoms with Gasteiger partial charge in [-0.3, -0.25) is 14.4 Å². The van der Waals surface area contributed by atoms with Gasteiger partial charge in [0.15, 0.2) is 4.96 Å². The Morgan fingerprint density at radius 3 is 2.24 bits per heavy atom. The SMILES string of the molecule is Cc1cc(=O)n2c(C(=O)Nc3ccc(C)c(Cl)c3)c(C(=O)Nc3cc(Cl)cc(Cl)c3)sc2n1. The summed E-state index contributed by atoms with van der Waals surface area (Å²) in [5, 5.41) is 6.49. The van der Waals surface area contributed by atoms with Crippen LogP contribution in [0, 0.1) is 13.8 Å². The molecule has 11 heteroatoms. The lowest BCUT2D eigenvalue weighted by Gasteiger charge is -2.09. The van der Waals surface area contributed by atoms with E-state index in [9.17, 15) is 14.4 Å². The van der Waals surface area contributed by atoms with E-state index in [0.29, 0.717) is 32.1 Å². The zero-order chi connectivity index (χ0) is 23.9. The van der Waals surface area contributed by atoms with Crippen LogP contribution < -0.4 is 16.2 Å². The molecule has 0 unspecified atom stereocenters. The van der Waals surface area contributed by atoms with Crippen LogP contribution in [-0.2, 0) is 0 Å². The smallest absolute Gasteiger partial charge is 0.274 e. The summed E-state index contributed by atoms with van der Waals surface area (Å²) >= 11 is 19.1. The highest BCUT2D eigenvalue weighted by atomic mass is 35.5. The molecule has 7 nitrogen and oxygen atoms in total. The maximum atomic E-state index is 13.3. The number of carbonyl (C=O) groups is 2. The summed E-state index contributed by atoms with van der Waals surface area (Å²) in [6.45, 7) is 3.49. The third-order valence-corrected chi connectivity index (χ3v) is 6.50. The number of thiazole rings is 1. The lowest BCUT2D eigenvalue weighted by atomic mass is 10.2. The van der Waals surface area contributed by atoms with E-state index >= 15 is 0 Å². The van der Waals surface area contributed by atoms with Gasteiger partial charge in [-0.15, -0.1) is 0 Å². The Balaban J connectivity index is 1.80. The van der Waals surface area contributed by atoms with Gasteiger partial charge in [0.25, 0.3) is 17.4 Å². The minimum absolute atomic E-state index is 0.00277. The Labute approximate surface area is 206 Å². The number of aromatic nitrogens is 2. The molecule has 0 aliphatic heterocycles. The van der Waals surface area contributed by atoms with Crippen molar-refractivity contribution in [1.29, 1.82) is 0 Å². The number of fused-ring (bicyclic) bond motifs is 1. The van der Waals surface area contributed by atoms with Crippen molar-refractivity contribution in [3.8, 4) is 0 Å². The number of carbonyl (C=O) groups excluding carboxylic acids is 2. The van der Waals surface area contributed by atoms with E-state index in [2.05, 4.69) is 15.6 Å². The van der Waals surface area contributed by atoms with Crippen LogP contribution in [0.3, 0.4) is 0 Å². The van der Waals surface area contributed by atoms with Crippen LogP contribution in [0.25, 0.3) is 4.96 Å². The Bertz CT molecular complexity index is 1480. The second kappa shape index (κ2) is 9.15. The molecule has 2 aromatic heterocycles. The zero-order valence-corrected chi connectivity index (χ0v) is 20.3. The Morgan fingerprint density at radius 1 is 0.909 bits per heavy atom. The number of halogens is 3. The molecule has 0 spiro atoms. The fourth-order valence-corrected chi connectivity index (χ4v) is 4.90. The summed E-state index contributed by atoms with van der Waals surface area (Å²) in [4.78, 5) is 43.6.